The number of hydrogen-bond donors (Lipinski definition) is 2. The van der Waals surface area contributed by atoms with Crippen LogP contribution in [0.2, 0.25) is 0 Å². The molecular formula is C23H23FN4O. The molecule has 2 N–H and O–H groups in total. The van der Waals surface area contributed by atoms with Crippen LogP contribution in [0.25, 0.3) is 27.6 Å². The van der Waals surface area contributed by atoms with Crippen molar-refractivity contribution in [2.24, 2.45) is 5.92 Å². The van der Waals surface area contributed by atoms with Crippen LogP contribution in [0.5, 0.6) is 5.75 Å². The first kappa shape index (κ1) is 18.2. The molecular weight excluding hydrogens is 367 g/mol. The maximum Gasteiger partial charge on any atom is 0.125 e. The summed E-state index contributed by atoms with van der Waals surface area (Å²) in [5.74, 6) is -0.102. The minimum Gasteiger partial charge on any atom is -0.507 e. The van der Waals surface area contributed by atoms with E-state index in [-0.39, 0.29) is 17.7 Å². The Balaban J connectivity index is 1.42. The second kappa shape index (κ2) is 7.19. The minimum atomic E-state index is -0.946. The van der Waals surface area contributed by atoms with E-state index in [0.29, 0.717) is 28.6 Å². The molecule has 29 heavy (non-hydrogen) atoms. The van der Waals surface area contributed by atoms with Gasteiger partial charge < -0.3 is 10.4 Å². The number of pyridine rings is 1. The molecule has 5 nitrogen and oxygen atoms in total. The molecule has 2 aromatic heterocycles. The Morgan fingerprint density at radius 2 is 2.03 bits per heavy atom. The van der Waals surface area contributed by atoms with Crippen molar-refractivity contribution in [1.82, 2.24) is 20.3 Å². The third kappa shape index (κ3) is 3.27. The molecule has 6 heteroatoms. The van der Waals surface area contributed by atoms with Gasteiger partial charge in [-0.25, -0.2) is 4.39 Å². The van der Waals surface area contributed by atoms with E-state index in [4.69, 9.17) is 0 Å². The van der Waals surface area contributed by atoms with E-state index in [1.165, 1.54) is 0 Å². The van der Waals surface area contributed by atoms with Crippen LogP contribution >= 0.6 is 0 Å². The van der Waals surface area contributed by atoms with Crippen LogP contribution in [0.4, 0.5) is 4.39 Å². The van der Waals surface area contributed by atoms with Gasteiger partial charge >= 0.3 is 0 Å². The highest BCUT2D eigenvalue weighted by molar-refractivity contribution is 5.89. The molecule has 4 atom stereocenters. The van der Waals surface area contributed by atoms with Crippen LogP contribution in [0.15, 0.2) is 49.6 Å². The minimum absolute atomic E-state index is 0.0829. The Labute approximate surface area is 168 Å². The Kier molecular flexibility index (Phi) is 4.51. The number of nitrogens with zero attached hydrogens (tertiary/aromatic N) is 3. The molecule has 3 aromatic rings. The van der Waals surface area contributed by atoms with Gasteiger partial charge in [0.25, 0.3) is 0 Å². The largest absolute Gasteiger partial charge is 0.507 e. The van der Waals surface area contributed by atoms with Gasteiger partial charge in [-0.3, -0.25) is 15.0 Å². The van der Waals surface area contributed by atoms with E-state index < -0.39 is 6.17 Å². The predicted molar refractivity (Wildman–Crippen MR) is 111 cm³/mol. The lowest BCUT2D eigenvalue weighted by molar-refractivity contribution is 0.0982. The number of hydrogen-bond acceptors (Lipinski definition) is 5. The number of aromatic hydroxyl groups is 1. The number of piperidine rings is 2. The number of phenols is 1. The first-order valence-electron chi connectivity index (χ1n) is 10.1. The molecule has 2 saturated heterocycles. The fraction of sp³-hybridized carbons (Fsp3) is 0.348. The zero-order valence-corrected chi connectivity index (χ0v) is 16.1. The standard InChI is InChI=1S/C23H23FN4O/c1-13(17-9-16-3-2-4-19(28-16)23(17)24)20-11-27-21(12-26-20)18-7-14-5-6-25-10-15(14)8-22(18)29/h5-8,10-12,16-17,19,23,28-29H,1-4,9H2/t16?,17-,19?,23-/m0/s1. The third-order valence-corrected chi connectivity index (χ3v) is 6.28. The number of allylic oxidation sites excluding steroid dienone is 1. The number of benzene rings is 1. The molecule has 4 heterocycles. The van der Waals surface area contributed by atoms with Gasteiger partial charge in [0, 0.05) is 41.3 Å². The number of halogens is 1. The average Bonchev–Trinajstić information content (AvgIpc) is 2.76. The highest BCUT2D eigenvalue weighted by Crippen LogP contribution is 2.39. The summed E-state index contributed by atoms with van der Waals surface area (Å²) < 4.78 is 15.0. The van der Waals surface area contributed by atoms with Crippen LogP contribution in [0, 0.1) is 5.92 Å². The first-order chi connectivity index (χ1) is 14.1. The van der Waals surface area contributed by atoms with Crippen LogP contribution in [0.1, 0.15) is 31.4 Å². The lowest BCUT2D eigenvalue weighted by atomic mass is 9.75. The zero-order valence-electron chi connectivity index (χ0n) is 16.1. The van der Waals surface area contributed by atoms with E-state index >= 15 is 0 Å². The predicted octanol–water partition coefficient (Wildman–Crippen LogP) is 4.28. The number of aromatic nitrogens is 3. The van der Waals surface area contributed by atoms with Gasteiger partial charge in [0.2, 0.25) is 0 Å². The summed E-state index contributed by atoms with van der Waals surface area (Å²) in [4.78, 5) is 13.1. The summed E-state index contributed by atoms with van der Waals surface area (Å²) in [5, 5.41) is 15.6. The van der Waals surface area contributed by atoms with Crippen molar-refractivity contribution in [3.63, 3.8) is 0 Å². The maximum absolute atomic E-state index is 15.0. The molecule has 2 aliphatic heterocycles. The summed E-state index contributed by atoms with van der Waals surface area (Å²) >= 11 is 0. The number of phenolic OH excluding ortho intramolecular Hbond substituents is 1. The van der Waals surface area contributed by atoms with Gasteiger partial charge in [-0.15, -0.1) is 0 Å². The zero-order chi connectivity index (χ0) is 20.0. The summed E-state index contributed by atoms with van der Waals surface area (Å²) in [6, 6.07) is 5.71. The van der Waals surface area contributed by atoms with Crippen molar-refractivity contribution in [2.75, 3.05) is 0 Å². The monoisotopic (exact) mass is 390 g/mol. The van der Waals surface area contributed by atoms with Crippen molar-refractivity contribution >= 4 is 16.3 Å². The van der Waals surface area contributed by atoms with Gasteiger partial charge in [-0.1, -0.05) is 13.0 Å². The van der Waals surface area contributed by atoms with Gasteiger partial charge in [0.15, 0.2) is 0 Å². The second-order valence-electron chi connectivity index (χ2n) is 8.09. The average molecular weight is 390 g/mol. The van der Waals surface area contributed by atoms with Gasteiger partial charge in [-0.2, -0.15) is 0 Å². The molecule has 148 valence electrons. The van der Waals surface area contributed by atoms with Crippen molar-refractivity contribution in [3.05, 3.63) is 55.3 Å². The Morgan fingerprint density at radius 1 is 1.14 bits per heavy atom. The molecule has 2 fully saturated rings. The number of nitrogens with one attached hydrogen (secondary N) is 1. The highest BCUT2D eigenvalue weighted by Gasteiger charge is 2.41. The molecule has 2 unspecified atom stereocenters. The number of fused-ring (bicyclic) bond motifs is 3. The molecule has 0 saturated carbocycles. The van der Waals surface area contributed by atoms with Gasteiger partial charge in [-0.05, 0) is 48.4 Å². The molecule has 2 bridgehead atoms. The molecule has 0 amide bonds. The molecule has 2 aliphatic rings. The quantitative estimate of drug-likeness (QED) is 0.699. The van der Waals surface area contributed by atoms with Crippen LogP contribution < -0.4 is 5.32 Å². The van der Waals surface area contributed by atoms with Gasteiger partial charge in [0.05, 0.1) is 23.8 Å². The molecule has 1 aromatic carbocycles. The smallest absolute Gasteiger partial charge is 0.125 e. The summed E-state index contributed by atoms with van der Waals surface area (Å²) in [6.45, 7) is 4.16. The van der Waals surface area contributed by atoms with Crippen LogP contribution in [0.3, 0.4) is 0 Å². The third-order valence-electron chi connectivity index (χ3n) is 6.28. The summed E-state index contributed by atoms with van der Waals surface area (Å²) in [5.41, 5.74) is 2.50. The van der Waals surface area contributed by atoms with Crippen molar-refractivity contribution in [3.8, 4) is 17.0 Å². The van der Waals surface area contributed by atoms with Crippen LogP contribution in [-0.4, -0.2) is 38.3 Å². The fourth-order valence-electron chi connectivity index (χ4n) is 4.69. The van der Waals surface area contributed by atoms with E-state index in [9.17, 15) is 9.50 Å². The normalized spacial score (nSPS) is 26.4. The molecule has 5 rings (SSSR count). The topological polar surface area (TPSA) is 70.9 Å². The maximum atomic E-state index is 15.0. The Bertz CT molecular complexity index is 1070. The van der Waals surface area contributed by atoms with Crippen molar-refractivity contribution in [1.29, 1.82) is 0 Å². The van der Waals surface area contributed by atoms with E-state index in [1.54, 1.807) is 30.9 Å². The lowest BCUT2D eigenvalue weighted by Gasteiger charge is -2.43. The number of rotatable bonds is 3. The summed E-state index contributed by atoms with van der Waals surface area (Å²) in [6.07, 6.45) is 9.54. The summed E-state index contributed by atoms with van der Waals surface area (Å²) in [7, 11) is 0. The first-order valence-corrected chi connectivity index (χ1v) is 10.1. The van der Waals surface area contributed by atoms with Gasteiger partial charge in [0.1, 0.15) is 11.9 Å². The SMILES string of the molecule is C=C(c1cnc(-c2cc3ccncc3cc2O)cn1)[C@@H]1CC2CCCC(N2)[C@H]1F. The highest BCUT2D eigenvalue weighted by atomic mass is 19.1. The lowest BCUT2D eigenvalue weighted by Crippen LogP contribution is -2.55. The fourth-order valence-corrected chi connectivity index (χ4v) is 4.69. The number of alkyl halides is 1. The van der Waals surface area contributed by atoms with Crippen LogP contribution in [-0.2, 0) is 0 Å². The van der Waals surface area contributed by atoms with Crippen molar-refractivity contribution < 1.29 is 9.50 Å². The molecule has 0 radical (unpaired) electrons. The Hall–Kier alpha value is -2.86. The Morgan fingerprint density at radius 3 is 2.86 bits per heavy atom. The van der Waals surface area contributed by atoms with Crippen molar-refractivity contribution in [2.45, 2.75) is 43.9 Å². The van der Waals surface area contributed by atoms with E-state index in [2.05, 4.69) is 26.8 Å². The van der Waals surface area contributed by atoms with E-state index in [1.807, 2.05) is 12.1 Å². The molecule has 0 spiro atoms. The van der Waals surface area contributed by atoms with E-state index in [0.717, 1.165) is 36.5 Å². The second-order valence-corrected chi connectivity index (χ2v) is 8.09. The molecule has 0 aliphatic carbocycles.